The highest BCUT2D eigenvalue weighted by atomic mass is 16.2. The Hall–Kier alpha value is -1.12. The molecule has 0 bridgehead atoms. The fourth-order valence-electron chi connectivity index (χ4n) is 1.65. The molecule has 1 heterocycles. The van der Waals surface area contributed by atoms with Crippen molar-refractivity contribution in [3.8, 4) is 0 Å². The first-order valence-corrected chi connectivity index (χ1v) is 4.81. The van der Waals surface area contributed by atoms with Gasteiger partial charge in [-0.15, -0.1) is 0 Å². The molecule has 2 rings (SSSR count). The maximum Gasteiger partial charge on any atom is 0.257 e. The van der Waals surface area contributed by atoms with Crippen molar-refractivity contribution in [2.24, 2.45) is 5.92 Å². The zero-order valence-corrected chi connectivity index (χ0v) is 7.75. The van der Waals surface area contributed by atoms with Gasteiger partial charge in [0, 0.05) is 18.2 Å². The largest absolute Gasteiger partial charge is 0.275 e. The van der Waals surface area contributed by atoms with E-state index in [1.807, 2.05) is 6.92 Å². The molecule has 1 aliphatic carbocycles. The third-order valence-corrected chi connectivity index (χ3v) is 2.50. The van der Waals surface area contributed by atoms with E-state index in [1.165, 1.54) is 11.0 Å². The molecule has 1 aliphatic heterocycles. The van der Waals surface area contributed by atoms with Gasteiger partial charge in [-0.05, 0) is 25.2 Å². The molecule has 0 aromatic rings. The lowest BCUT2D eigenvalue weighted by Gasteiger charge is -2.12. The van der Waals surface area contributed by atoms with E-state index < -0.39 is 0 Å². The Morgan fingerprint density at radius 3 is 2.69 bits per heavy atom. The van der Waals surface area contributed by atoms with E-state index in [2.05, 4.69) is 0 Å². The summed E-state index contributed by atoms with van der Waals surface area (Å²) in [4.78, 5) is 24.3. The molecule has 0 N–H and O–H groups in total. The van der Waals surface area contributed by atoms with E-state index in [9.17, 15) is 9.59 Å². The predicted molar refractivity (Wildman–Crippen MR) is 47.8 cm³/mol. The first-order valence-electron chi connectivity index (χ1n) is 4.81. The van der Waals surface area contributed by atoms with Gasteiger partial charge in [-0.3, -0.25) is 14.5 Å². The van der Waals surface area contributed by atoms with Crippen molar-refractivity contribution in [3.05, 3.63) is 11.6 Å². The van der Waals surface area contributed by atoms with Crippen LogP contribution < -0.4 is 0 Å². The second kappa shape index (κ2) is 2.98. The highest BCUT2D eigenvalue weighted by Gasteiger charge is 2.38. The molecule has 0 atom stereocenters. The van der Waals surface area contributed by atoms with Gasteiger partial charge in [-0.25, -0.2) is 0 Å². The number of hydrogen-bond donors (Lipinski definition) is 0. The minimum Gasteiger partial charge on any atom is -0.275 e. The molecule has 70 valence electrons. The van der Waals surface area contributed by atoms with Gasteiger partial charge in [0.1, 0.15) is 0 Å². The van der Waals surface area contributed by atoms with E-state index in [4.69, 9.17) is 0 Å². The first-order chi connectivity index (χ1) is 6.24. The number of carbonyl (C=O) groups excluding carboxylic acids is 2. The van der Waals surface area contributed by atoms with Crippen molar-refractivity contribution in [2.45, 2.75) is 26.2 Å². The fourth-order valence-corrected chi connectivity index (χ4v) is 1.65. The number of nitrogens with zero attached hydrogens (tertiary/aromatic N) is 1. The van der Waals surface area contributed by atoms with Crippen molar-refractivity contribution in [3.63, 3.8) is 0 Å². The number of rotatable bonds is 3. The van der Waals surface area contributed by atoms with Crippen LogP contribution in [0, 0.1) is 5.92 Å². The standard InChI is InChI=1S/C10H13NO2/c1-2-5-11-9(12)6-8(10(11)13)7-3-4-7/h6-7H,2-5H2,1H3. The summed E-state index contributed by atoms with van der Waals surface area (Å²) in [6, 6.07) is 0. The molecule has 1 fully saturated rings. The molecule has 0 aromatic carbocycles. The molecule has 0 unspecified atom stereocenters. The molecular formula is C10H13NO2. The monoisotopic (exact) mass is 179 g/mol. The summed E-state index contributed by atoms with van der Waals surface area (Å²) in [6.07, 6.45) is 4.51. The Balaban J connectivity index is 2.12. The molecule has 13 heavy (non-hydrogen) atoms. The van der Waals surface area contributed by atoms with E-state index in [0.717, 1.165) is 24.8 Å². The third-order valence-electron chi connectivity index (χ3n) is 2.50. The van der Waals surface area contributed by atoms with E-state index in [0.29, 0.717) is 12.5 Å². The topological polar surface area (TPSA) is 37.4 Å². The average molecular weight is 179 g/mol. The summed E-state index contributed by atoms with van der Waals surface area (Å²) in [5, 5.41) is 0. The molecule has 3 nitrogen and oxygen atoms in total. The molecule has 1 saturated carbocycles. The van der Waals surface area contributed by atoms with Crippen molar-refractivity contribution >= 4 is 11.8 Å². The van der Waals surface area contributed by atoms with Crippen LogP contribution in [-0.2, 0) is 9.59 Å². The van der Waals surface area contributed by atoms with Gasteiger partial charge in [0.15, 0.2) is 0 Å². The summed E-state index contributed by atoms with van der Waals surface area (Å²) in [5.74, 6) is 0.224. The quantitative estimate of drug-likeness (QED) is 0.608. The molecule has 0 aromatic heterocycles. The smallest absolute Gasteiger partial charge is 0.257 e. The number of amides is 2. The van der Waals surface area contributed by atoms with Gasteiger partial charge in [0.05, 0.1) is 0 Å². The van der Waals surface area contributed by atoms with Crippen LogP contribution in [0.5, 0.6) is 0 Å². The number of hydrogen-bond acceptors (Lipinski definition) is 2. The van der Waals surface area contributed by atoms with Crippen LogP contribution in [0.25, 0.3) is 0 Å². The SMILES string of the molecule is CCCN1C(=O)C=C(C2CC2)C1=O. The Kier molecular flexibility index (Phi) is 1.94. The predicted octanol–water partition coefficient (Wildman–Crippen LogP) is 1.10. The van der Waals surface area contributed by atoms with Gasteiger partial charge in [-0.1, -0.05) is 6.92 Å². The van der Waals surface area contributed by atoms with Crippen molar-refractivity contribution in [1.29, 1.82) is 0 Å². The molecule has 0 radical (unpaired) electrons. The highest BCUT2D eigenvalue weighted by Crippen LogP contribution is 2.39. The third kappa shape index (κ3) is 1.39. The van der Waals surface area contributed by atoms with Gasteiger partial charge in [0.2, 0.25) is 0 Å². The maximum absolute atomic E-state index is 11.6. The van der Waals surface area contributed by atoms with Crippen molar-refractivity contribution in [1.82, 2.24) is 4.90 Å². The summed E-state index contributed by atoms with van der Waals surface area (Å²) < 4.78 is 0. The number of carbonyl (C=O) groups is 2. The zero-order valence-electron chi connectivity index (χ0n) is 7.75. The van der Waals surface area contributed by atoms with Gasteiger partial charge >= 0.3 is 0 Å². The number of imide groups is 1. The molecule has 2 amide bonds. The van der Waals surface area contributed by atoms with Crippen LogP contribution in [0.15, 0.2) is 11.6 Å². The molecule has 2 aliphatic rings. The van der Waals surface area contributed by atoms with Gasteiger partial charge < -0.3 is 0 Å². The Bertz CT molecular complexity index is 289. The lowest BCUT2D eigenvalue weighted by atomic mass is 10.2. The van der Waals surface area contributed by atoms with Crippen LogP contribution in [-0.4, -0.2) is 23.3 Å². The summed E-state index contributed by atoms with van der Waals surface area (Å²) in [5.41, 5.74) is 0.749. The van der Waals surface area contributed by atoms with Crippen LogP contribution in [0.2, 0.25) is 0 Å². The Morgan fingerprint density at radius 2 is 2.15 bits per heavy atom. The minimum atomic E-state index is -0.117. The Morgan fingerprint density at radius 1 is 1.46 bits per heavy atom. The maximum atomic E-state index is 11.6. The van der Waals surface area contributed by atoms with E-state index in [-0.39, 0.29) is 11.8 Å². The zero-order chi connectivity index (χ0) is 9.42. The lowest BCUT2D eigenvalue weighted by molar-refractivity contribution is -0.137. The Labute approximate surface area is 77.4 Å². The molecule has 0 saturated heterocycles. The lowest BCUT2D eigenvalue weighted by Crippen LogP contribution is -2.31. The summed E-state index contributed by atoms with van der Waals surface area (Å²) in [6.45, 7) is 2.53. The van der Waals surface area contributed by atoms with Crippen molar-refractivity contribution < 1.29 is 9.59 Å². The second-order valence-electron chi connectivity index (χ2n) is 3.67. The van der Waals surface area contributed by atoms with Crippen LogP contribution in [0.1, 0.15) is 26.2 Å². The normalized spacial score (nSPS) is 22.5. The van der Waals surface area contributed by atoms with Gasteiger partial charge in [-0.2, -0.15) is 0 Å². The summed E-state index contributed by atoms with van der Waals surface area (Å²) in [7, 11) is 0. The van der Waals surface area contributed by atoms with Crippen LogP contribution >= 0.6 is 0 Å². The van der Waals surface area contributed by atoms with E-state index in [1.54, 1.807) is 0 Å². The molecule has 0 spiro atoms. The van der Waals surface area contributed by atoms with Crippen LogP contribution in [0.3, 0.4) is 0 Å². The first kappa shape index (κ1) is 8.48. The van der Waals surface area contributed by atoms with E-state index >= 15 is 0 Å². The second-order valence-corrected chi connectivity index (χ2v) is 3.67. The summed E-state index contributed by atoms with van der Waals surface area (Å²) >= 11 is 0. The fraction of sp³-hybridized carbons (Fsp3) is 0.600. The molecular weight excluding hydrogens is 166 g/mol. The molecule has 3 heteroatoms. The van der Waals surface area contributed by atoms with Gasteiger partial charge in [0.25, 0.3) is 11.8 Å². The van der Waals surface area contributed by atoms with Crippen LogP contribution in [0.4, 0.5) is 0 Å². The average Bonchev–Trinajstić information content (AvgIpc) is 2.88. The highest BCUT2D eigenvalue weighted by molar-refractivity contribution is 6.16. The van der Waals surface area contributed by atoms with Crippen molar-refractivity contribution in [2.75, 3.05) is 6.54 Å². The minimum absolute atomic E-state index is 0.0469.